The summed E-state index contributed by atoms with van der Waals surface area (Å²) in [4.78, 5) is 12.5. The Morgan fingerprint density at radius 1 is 1.63 bits per heavy atom. The highest BCUT2D eigenvalue weighted by Crippen LogP contribution is 2.28. The first-order valence-electron chi connectivity index (χ1n) is 6.14. The maximum Gasteiger partial charge on any atom is 0.290 e. The quantitative estimate of drug-likeness (QED) is 0.611. The highest BCUT2D eigenvalue weighted by atomic mass is 16.6. The molecule has 6 nitrogen and oxygen atoms in total. The first kappa shape index (κ1) is 13.3. The van der Waals surface area contributed by atoms with E-state index in [-0.39, 0.29) is 17.0 Å². The first-order valence-corrected chi connectivity index (χ1v) is 6.14. The minimum Gasteiger partial charge on any atom is -0.490 e. The van der Waals surface area contributed by atoms with Gasteiger partial charge in [-0.2, -0.15) is 5.26 Å². The fourth-order valence-electron chi connectivity index (χ4n) is 2.28. The molecule has 1 fully saturated rings. The van der Waals surface area contributed by atoms with E-state index in [1.165, 1.54) is 12.1 Å². The van der Waals surface area contributed by atoms with Gasteiger partial charge in [0.15, 0.2) is 5.56 Å². The predicted octanol–water partition coefficient (Wildman–Crippen LogP) is 1.94. The number of hydrogen-bond acceptors (Lipinski definition) is 5. The molecule has 0 spiro atoms. The van der Waals surface area contributed by atoms with E-state index in [1.54, 1.807) is 6.07 Å². The third-order valence-corrected chi connectivity index (χ3v) is 3.42. The average molecular weight is 261 g/mol. The van der Waals surface area contributed by atoms with Crippen molar-refractivity contribution in [3.05, 3.63) is 33.9 Å². The van der Waals surface area contributed by atoms with Crippen LogP contribution < -0.4 is 4.74 Å². The molecule has 0 amide bonds. The maximum atomic E-state index is 10.8. The highest BCUT2D eigenvalue weighted by Gasteiger charge is 2.23. The lowest BCUT2D eigenvalue weighted by molar-refractivity contribution is -0.385. The van der Waals surface area contributed by atoms with Gasteiger partial charge in [-0.3, -0.25) is 10.1 Å². The summed E-state index contributed by atoms with van der Waals surface area (Å²) in [5.74, 6) is 0.289. The smallest absolute Gasteiger partial charge is 0.290 e. The van der Waals surface area contributed by atoms with Crippen molar-refractivity contribution >= 4 is 5.69 Å². The Hall–Kier alpha value is -2.13. The van der Waals surface area contributed by atoms with E-state index in [0.717, 1.165) is 19.4 Å². The number of ether oxygens (including phenoxy) is 1. The fraction of sp³-hybridized carbons (Fsp3) is 0.462. The van der Waals surface area contributed by atoms with Gasteiger partial charge in [0.1, 0.15) is 18.4 Å². The van der Waals surface area contributed by atoms with Gasteiger partial charge in [-0.05, 0) is 32.5 Å². The van der Waals surface area contributed by atoms with E-state index < -0.39 is 4.92 Å². The minimum absolute atomic E-state index is 0.00634. The van der Waals surface area contributed by atoms with E-state index in [0.29, 0.717) is 12.6 Å². The van der Waals surface area contributed by atoms with Crippen LogP contribution in [0.25, 0.3) is 0 Å². The summed E-state index contributed by atoms with van der Waals surface area (Å²) in [5, 5.41) is 19.9. The van der Waals surface area contributed by atoms with Crippen LogP contribution in [0.5, 0.6) is 5.75 Å². The Kier molecular flexibility index (Phi) is 3.97. The van der Waals surface area contributed by atoms with Crippen LogP contribution >= 0.6 is 0 Å². The highest BCUT2D eigenvalue weighted by molar-refractivity contribution is 5.56. The largest absolute Gasteiger partial charge is 0.490 e. The molecule has 2 rings (SSSR count). The van der Waals surface area contributed by atoms with Crippen LogP contribution in [0.3, 0.4) is 0 Å². The van der Waals surface area contributed by atoms with Gasteiger partial charge in [0.2, 0.25) is 0 Å². The van der Waals surface area contributed by atoms with Gasteiger partial charge in [-0.25, -0.2) is 0 Å². The van der Waals surface area contributed by atoms with Crippen molar-refractivity contribution in [3.8, 4) is 11.8 Å². The van der Waals surface area contributed by atoms with Crippen LogP contribution in [0.1, 0.15) is 18.4 Å². The van der Waals surface area contributed by atoms with E-state index in [2.05, 4.69) is 4.90 Å². The Morgan fingerprint density at radius 2 is 2.42 bits per heavy atom. The molecule has 1 saturated heterocycles. The van der Waals surface area contributed by atoms with Crippen LogP contribution in [0.15, 0.2) is 18.2 Å². The number of hydrogen-bond donors (Lipinski definition) is 0. The summed E-state index contributed by atoms with van der Waals surface area (Å²) in [6.07, 6.45) is 2.18. The molecule has 1 heterocycles. The molecule has 0 radical (unpaired) electrons. The Bertz CT molecular complexity index is 524. The number of nitrogens with zero attached hydrogens (tertiary/aromatic N) is 3. The standard InChI is InChI=1S/C13H15N3O3/c1-15-7-3-4-10(15)9-19-13-6-2-5-12(16(17)18)11(13)8-14/h2,5-6,10H,3-4,7,9H2,1H3/t10-/m0/s1. The molecule has 1 aliphatic rings. The molecule has 0 saturated carbocycles. The van der Waals surface area contributed by atoms with Gasteiger partial charge in [-0.1, -0.05) is 6.07 Å². The van der Waals surface area contributed by atoms with Gasteiger partial charge in [0, 0.05) is 12.1 Å². The number of rotatable bonds is 4. The van der Waals surface area contributed by atoms with Crippen molar-refractivity contribution in [2.75, 3.05) is 20.2 Å². The summed E-state index contributed by atoms with van der Waals surface area (Å²) in [7, 11) is 2.03. The van der Waals surface area contributed by atoms with Crippen molar-refractivity contribution in [3.63, 3.8) is 0 Å². The number of nitro benzene ring substituents is 1. The molecule has 1 atom stereocenters. The Balaban J connectivity index is 2.14. The molecule has 1 aromatic rings. The summed E-state index contributed by atoms with van der Waals surface area (Å²) in [6.45, 7) is 1.49. The topological polar surface area (TPSA) is 79.4 Å². The molecule has 0 aliphatic carbocycles. The maximum absolute atomic E-state index is 10.8. The summed E-state index contributed by atoms with van der Waals surface area (Å²) >= 11 is 0. The Labute approximate surface area is 111 Å². The first-order chi connectivity index (χ1) is 9.13. The zero-order valence-electron chi connectivity index (χ0n) is 10.7. The second-order valence-corrected chi connectivity index (χ2v) is 4.61. The van der Waals surface area contributed by atoms with Crippen molar-refractivity contribution < 1.29 is 9.66 Å². The SMILES string of the molecule is CN1CCC[C@H]1COc1cccc([N+](=O)[O-])c1C#N. The lowest BCUT2D eigenvalue weighted by Gasteiger charge is -2.19. The lowest BCUT2D eigenvalue weighted by atomic mass is 10.1. The van der Waals surface area contributed by atoms with Gasteiger partial charge in [-0.15, -0.1) is 0 Å². The molecule has 100 valence electrons. The van der Waals surface area contributed by atoms with Crippen LogP contribution in [0.2, 0.25) is 0 Å². The summed E-state index contributed by atoms with van der Waals surface area (Å²) < 4.78 is 5.60. The second kappa shape index (κ2) is 5.67. The van der Waals surface area contributed by atoms with Crippen LogP contribution in [-0.2, 0) is 0 Å². The molecule has 0 aromatic heterocycles. The third-order valence-electron chi connectivity index (χ3n) is 3.42. The minimum atomic E-state index is -0.562. The van der Waals surface area contributed by atoms with Crippen molar-refractivity contribution in [1.29, 1.82) is 5.26 Å². The monoisotopic (exact) mass is 261 g/mol. The Morgan fingerprint density at radius 3 is 3.00 bits per heavy atom. The van der Waals surface area contributed by atoms with Crippen molar-refractivity contribution in [2.45, 2.75) is 18.9 Å². The van der Waals surface area contributed by atoms with Crippen LogP contribution in [0, 0.1) is 21.4 Å². The van der Waals surface area contributed by atoms with E-state index >= 15 is 0 Å². The fourth-order valence-corrected chi connectivity index (χ4v) is 2.28. The molecule has 0 bridgehead atoms. The second-order valence-electron chi connectivity index (χ2n) is 4.61. The number of nitro groups is 1. The van der Waals surface area contributed by atoms with Crippen molar-refractivity contribution in [1.82, 2.24) is 4.90 Å². The van der Waals surface area contributed by atoms with Gasteiger partial charge < -0.3 is 9.64 Å². The molecular formula is C13H15N3O3. The number of likely N-dealkylation sites (tertiary alicyclic amines) is 1. The van der Waals surface area contributed by atoms with E-state index in [4.69, 9.17) is 10.00 Å². The normalized spacial score (nSPS) is 19.1. The van der Waals surface area contributed by atoms with Crippen LogP contribution in [0.4, 0.5) is 5.69 Å². The van der Waals surface area contributed by atoms with E-state index in [1.807, 2.05) is 13.1 Å². The zero-order valence-corrected chi connectivity index (χ0v) is 10.7. The molecule has 1 aromatic carbocycles. The molecule has 1 aliphatic heterocycles. The number of likely N-dealkylation sites (N-methyl/N-ethyl adjacent to an activating group) is 1. The number of benzene rings is 1. The predicted molar refractivity (Wildman–Crippen MR) is 69.0 cm³/mol. The average Bonchev–Trinajstić information content (AvgIpc) is 2.81. The zero-order chi connectivity index (χ0) is 13.8. The molecule has 19 heavy (non-hydrogen) atoms. The summed E-state index contributed by atoms with van der Waals surface area (Å²) in [5.41, 5.74) is -0.215. The van der Waals surface area contributed by atoms with Crippen LogP contribution in [-0.4, -0.2) is 36.1 Å². The van der Waals surface area contributed by atoms with Gasteiger partial charge >= 0.3 is 0 Å². The molecule has 0 unspecified atom stereocenters. The lowest BCUT2D eigenvalue weighted by Crippen LogP contribution is -2.30. The van der Waals surface area contributed by atoms with Crippen molar-refractivity contribution in [2.24, 2.45) is 0 Å². The summed E-state index contributed by atoms with van der Waals surface area (Å²) in [6, 6.07) is 6.61. The van der Waals surface area contributed by atoms with Gasteiger partial charge in [0.25, 0.3) is 5.69 Å². The third kappa shape index (κ3) is 2.83. The van der Waals surface area contributed by atoms with E-state index in [9.17, 15) is 10.1 Å². The van der Waals surface area contributed by atoms with Gasteiger partial charge in [0.05, 0.1) is 4.92 Å². The molecular weight excluding hydrogens is 246 g/mol. The molecule has 0 N–H and O–H groups in total. The molecule has 6 heteroatoms. The number of nitriles is 1.